The van der Waals surface area contributed by atoms with Crippen molar-refractivity contribution in [3.8, 4) is 11.3 Å². The molecular formula is C23H20N2. The summed E-state index contributed by atoms with van der Waals surface area (Å²) >= 11 is 0. The number of aryl methyl sites for hydroxylation is 1. The summed E-state index contributed by atoms with van der Waals surface area (Å²) in [6.45, 7) is 4.51. The second-order valence-electron chi connectivity index (χ2n) is 6.93. The van der Waals surface area contributed by atoms with Gasteiger partial charge in [0.15, 0.2) is 0 Å². The van der Waals surface area contributed by atoms with Gasteiger partial charge in [0, 0.05) is 16.6 Å². The number of hydrogen-bond donors (Lipinski definition) is 1. The van der Waals surface area contributed by atoms with Gasteiger partial charge in [-0.15, -0.1) is 0 Å². The first-order valence-electron chi connectivity index (χ1n) is 8.74. The average Bonchev–Trinajstić information content (AvgIpc) is 2.97. The standard InChI is InChI=1S/C23H20N2/c1-16-18-12-7-9-15-21(18)25-22(16)19-13-6-8-14-20(19)24-23(25,2)17-10-4-3-5-11-17/h3-15,24H,1-2H3. The normalized spacial score (nSPS) is 18.5. The smallest absolute Gasteiger partial charge is 0.138 e. The van der Waals surface area contributed by atoms with Crippen LogP contribution in [0.3, 0.4) is 0 Å². The Labute approximate surface area is 147 Å². The summed E-state index contributed by atoms with van der Waals surface area (Å²) in [7, 11) is 0. The number of para-hydroxylation sites is 2. The monoisotopic (exact) mass is 324 g/mol. The summed E-state index contributed by atoms with van der Waals surface area (Å²) in [5.74, 6) is 0. The minimum Gasteiger partial charge on any atom is -0.358 e. The van der Waals surface area contributed by atoms with Crippen LogP contribution in [0.1, 0.15) is 18.1 Å². The summed E-state index contributed by atoms with van der Waals surface area (Å²) in [6.07, 6.45) is 0. The number of anilines is 1. The average molecular weight is 324 g/mol. The molecule has 4 aromatic rings. The van der Waals surface area contributed by atoms with Gasteiger partial charge in [0.1, 0.15) is 5.66 Å². The minimum atomic E-state index is -0.335. The number of benzene rings is 3. The highest BCUT2D eigenvalue weighted by Gasteiger charge is 2.37. The van der Waals surface area contributed by atoms with E-state index in [1.54, 1.807) is 0 Å². The predicted molar refractivity (Wildman–Crippen MR) is 105 cm³/mol. The van der Waals surface area contributed by atoms with Crippen LogP contribution in [-0.4, -0.2) is 4.57 Å². The van der Waals surface area contributed by atoms with Gasteiger partial charge >= 0.3 is 0 Å². The van der Waals surface area contributed by atoms with E-state index < -0.39 is 0 Å². The molecule has 2 heterocycles. The molecule has 2 heteroatoms. The van der Waals surface area contributed by atoms with Crippen LogP contribution in [0.4, 0.5) is 5.69 Å². The summed E-state index contributed by atoms with van der Waals surface area (Å²) < 4.78 is 2.47. The summed E-state index contributed by atoms with van der Waals surface area (Å²) in [4.78, 5) is 0. The molecule has 0 spiro atoms. The Balaban J connectivity index is 1.95. The van der Waals surface area contributed by atoms with E-state index in [-0.39, 0.29) is 5.66 Å². The highest BCUT2D eigenvalue weighted by atomic mass is 15.3. The van der Waals surface area contributed by atoms with Gasteiger partial charge in [0.25, 0.3) is 0 Å². The van der Waals surface area contributed by atoms with E-state index in [1.165, 1.54) is 39.0 Å². The third-order valence-electron chi connectivity index (χ3n) is 5.47. The number of fused-ring (bicyclic) bond motifs is 5. The predicted octanol–water partition coefficient (Wildman–Crippen LogP) is 5.76. The minimum absolute atomic E-state index is 0.335. The number of hydrogen-bond acceptors (Lipinski definition) is 1. The van der Waals surface area contributed by atoms with E-state index >= 15 is 0 Å². The summed E-state index contributed by atoms with van der Waals surface area (Å²) in [5, 5.41) is 5.13. The van der Waals surface area contributed by atoms with Gasteiger partial charge in [-0.25, -0.2) is 0 Å². The lowest BCUT2D eigenvalue weighted by atomic mass is 9.94. The Morgan fingerprint density at radius 1 is 0.800 bits per heavy atom. The van der Waals surface area contributed by atoms with Crippen molar-refractivity contribution < 1.29 is 0 Å². The third-order valence-corrected chi connectivity index (χ3v) is 5.47. The molecule has 1 aromatic heterocycles. The molecule has 1 unspecified atom stereocenters. The largest absolute Gasteiger partial charge is 0.358 e. The fourth-order valence-electron chi connectivity index (χ4n) is 4.27. The molecule has 0 saturated heterocycles. The van der Waals surface area contributed by atoms with E-state index in [0.29, 0.717) is 0 Å². The molecule has 1 aliphatic rings. The van der Waals surface area contributed by atoms with Crippen LogP contribution in [0.25, 0.3) is 22.2 Å². The van der Waals surface area contributed by atoms with Gasteiger partial charge in [0.2, 0.25) is 0 Å². The number of aromatic nitrogens is 1. The molecular weight excluding hydrogens is 304 g/mol. The summed E-state index contributed by atoms with van der Waals surface area (Å²) in [5.41, 5.74) is 7.29. The number of nitrogens with zero attached hydrogens (tertiary/aromatic N) is 1. The Morgan fingerprint density at radius 3 is 2.32 bits per heavy atom. The molecule has 3 aromatic carbocycles. The lowest BCUT2D eigenvalue weighted by molar-refractivity contribution is 0.465. The molecule has 1 aliphatic heterocycles. The Kier molecular flexibility index (Phi) is 2.87. The van der Waals surface area contributed by atoms with Gasteiger partial charge in [-0.05, 0) is 37.1 Å². The molecule has 122 valence electrons. The van der Waals surface area contributed by atoms with Crippen molar-refractivity contribution >= 4 is 16.6 Å². The van der Waals surface area contributed by atoms with E-state index in [0.717, 1.165) is 0 Å². The van der Waals surface area contributed by atoms with Crippen molar-refractivity contribution in [1.29, 1.82) is 0 Å². The van der Waals surface area contributed by atoms with Crippen LogP contribution in [0, 0.1) is 6.92 Å². The molecule has 0 amide bonds. The van der Waals surface area contributed by atoms with Gasteiger partial charge in [-0.3, -0.25) is 0 Å². The van der Waals surface area contributed by atoms with Crippen molar-refractivity contribution in [3.05, 3.63) is 90.0 Å². The molecule has 0 saturated carbocycles. The van der Waals surface area contributed by atoms with Crippen molar-refractivity contribution in [2.45, 2.75) is 19.5 Å². The van der Waals surface area contributed by atoms with Crippen molar-refractivity contribution in [2.24, 2.45) is 0 Å². The van der Waals surface area contributed by atoms with Crippen LogP contribution >= 0.6 is 0 Å². The van der Waals surface area contributed by atoms with Crippen molar-refractivity contribution in [1.82, 2.24) is 4.57 Å². The zero-order valence-corrected chi connectivity index (χ0v) is 14.5. The van der Waals surface area contributed by atoms with Crippen molar-refractivity contribution in [3.63, 3.8) is 0 Å². The van der Waals surface area contributed by atoms with Crippen molar-refractivity contribution in [2.75, 3.05) is 5.32 Å². The van der Waals surface area contributed by atoms with Gasteiger partial charge < -0.3 is 9.88 Å². The third kappa shape index (κ3) is 1.85. The molecule has 0 bridgehead atoms. The maximum atomic E-state index is 3.81. The van der Waals surface area contributed by atoms with E-state index in [1.807, 2.05) is 0 Å². The SMILES string of the molecule is Cc1c2n(c3ccccc13)C(C)(c1ccccc1)Nc1ccccc1-2. The Bertz CT molecular complexity index is 1090. The molecule has 0 aliphatic carbocycles. The first-order valence-corrected chi connectivity index (χ1v) is 8.74. The lowest BCUT2D eigenvalue weighted by Gasteiger charge is -2.41. The van der Waals surface area contributed by atoms with E-state index in [2.05, 4.69) is 103 Å². The molecule has 2 nitrogen and oxygen atoms in total. The zero-order chi connectivity index (χ0) is 17.0. The van der Waals surface area contributed by atoms with Crippen LogP contribution < -0.4 is 5.32 Å². The first kappa shape index (κ1) is 14.4. The van der Waals surface area contributed by atoms with Gasteiger partial charge in [-0.2, -0.15) is 0 Å². The topological polar surface area (TPSA) is 17.0 Å². The first-order chi connectivity index (χ1) is 12.2. The second-order valence-corrected chi connectivity index (χ2v) is 6.93. The summed E-state index contributed by atoms with van der Waals surface area (Å²) in [6, 6.07) is 28.0. The van der Waals surface area contributed by atoms with Crippen LogP contribution in [-0.2, 0) is 5.66 Å². The van der Waals surface area contributed by atoms with Crippen LogP contribution in [0.5, 0.6) is 0 Å². The fourth-order valence-corrected chi connectivity index (χ4v) is 4.27. The highest BCUT2D eigenvalue weighted by Crippen LogP contribution is 2.47. The zero-order valence-electron chi connectivity index (χ0n) is 14.5. The number of nitrogens with one attached hydrogen (secondary N) is 1. The second kappa shape index (κ2) is 5.00. The fraction of sp³-hybridized carbons (Fsp3) is 0.130. The molecule has 1 atom stereocenters. The quantitative estimate of drug-likeness (QED) is 0.471. The lowest BCUT2D eigenvalue weighted by Crippen LogP contribution is -2.42. The van der Waals surface area contributed by atoms with Crippen LogP contribution in [0.15, 0.2) is 78.9 Å². The Hall–Kier alpha value is -3.00. The highest BCUT2D eigenvalue weighted by molar-refractivity contribution is 5.96. The van der Waals surface area contributed by atoms with Gasteiger partial charge in [0.05, 0.1) is 11.2 Å². The molecule has 25 heavy (non-hydrogen) atoms. The molecule has 1 N–H and O–H groups in total. The molecule has 0 fully saturated rings. The maximum absolute atomic E-state index is 3.81. The molecule has 5 rings (SSSR count). The number of rotatable bonds is 1. The maximum Gasteiger partial charge on any atom is 0.138 e. The van der Waals surface area contributed by atoms with E-state index in [9.17, 15) is 0 Å². The van der Waals surface area contributed by atoms with Crippen LogP contribution in [0.2, 0.25) is 0 Å². The van der Waals surface area contributed by atoms with E-state index in [4.69, 9.17) is 0 Å². The molecule has 0 radical (unpaired) electrons. The Morgan fingerprint density at radius 2 is 1.48 bits per heavy atom. The van der Waals surface area contributed by atoms with Gasteiger partial charge in [-0.1, -0.05) is 66.7 Å².